The summed E-state index contributed by atoms with van der Waals surface area (Å²) in [5.74, 6) is 0. The van der Waals surface area contributed by atoms with Gasteiger partial charge in [-0.05, 0) is 46.8 Å². The van der Waals surface area contributed by atoms with E-state index in [0.29, 0.717) is 0 Å². The molecule has 0 unspecified atom stereocenters. The summed E-state index contributed by atoms with van der Waals surface area (Å²) in [5, 5.41) is 2.40. The Balaban J connectivity index is 1.71. The molecule has 136 valence electrons. The molecule has 0 spiro atoms. The van der Waals surface area contributed by atoms with E-state index < -0.39 is 0 Å². The molecule has 0 bridgehead atoms. The number of aromatic nitrogens is 3. The minimum absolute atomic E-state index is 0.943. The Hall–Kier alpha value is -4.05. The molecule has 3 aromatic carbocycles. The van der Waals surface area contributed by atoms with E-state index in [4.69, 9.17) is 0 Å². The van der Waals surface area contributed by atoms with Gasteiger partial charge in [0.25, 0.3) is 0 Å². The number of hydrogen-bond donors (Lipinski definition) is 0. The first kappa shape index (κ1) is 16.0. The average Bonchev–Trinajstić information content (AvgIpc) is 2.80. The van der Waals surface area contributed by atoms with E-state index in [2.05, 4.69) is 74.4 Å². The van der Waals surface area contributed by atoms with Crippen LogP contribution in [-0.2, 0) is 0 Å². The Morgan fingerprint density at radius 3 is 2.41 bits per heavy atom. The van der Waals surface area contributed by atoms with Gasteiger partial charge >= 0.3 is 0 Å². The molecule has 1 aliphatic rings. The van der Waals surface area contributed by atoms with Crippen LogP contribution in [0.1, 0.15) is 0 Å². The Morgan fingerprint density at radius 2 is 1.55 bits per heavy atom. The Bertz CT molecular complexity index is 1350. The summed E-state index contributed by atoms with van der Waals surface area (Å²) in [4.78, 5) is 15.4. The zero-order valence-corrected chi connectivity index (χ0v) is 15.5. The van der Waals surface area contributed by atoms with Crippen molar-refractivity contribution in [3.05, 3.63) is 97.7 Å². The van der Waals surface area contributed by atoms with Crippen LogP contribution in [0, 0.1) is 0 Å². The smallest absolute Gasteiger partial charge is 0.116 e. The minimum atomic E-state index is 0.943. The van der Waals surface area contributed by atoms with Crippen LogP contribution in [0.25, 0.3) is 33.2 Å². The molecule has 3 heterocycles. The Morgan fingerprint density at radius 1 is 0.690 bits per heavy atom. The monoisotopic (exact) mass is 372 g/mol. The molecule has 0 saturated carbocycles. The van der Waals surface area contributed by atoms with E-state index in [9.17, 15) is 0 Å². The predicted octanol–water partition coefficient (Wildman–Crippen LogP) is 6.14. The van der Waals surface area contributed by atoms with Crippen molar-refractivity contribution in [1.29, 1.82) is 0 Å². The minimum Gasteiger partial charge on any atom is -0.306 e. The van der Waals surface area contributed by atoms with Gasteiger partial charge in [0, 0.05) is 29.0 Å². The number of pyridine rings is 1. The highest BCUT2D eigenvalue weighted by atomic mass is 15.2. The van der Waals surface area contributed by atoms with Gasteiger partial charge in [0.15, 0.2) is 0 Å². The van der Waals surface area contributed by atoms with E-state index >= 15 is 0 Å². The molecule has 0 N–H and O–H groups in total. The number of fused-ring (bicyclic) bond motifs is 2. The van der Waals surface area contributed by atoms with Gasteiger partial charge < -0.3 is 4.90 Å². The third-order valence-electron chi connectivity index (χ3n) is 5.41. The predicted molar refractivity (Wildman–Crippen MR) is 116 cm³/mol. The van der Waals surface area contributed by atoms with Crippen LogP contribution in [0.2, 0.25) is 0 Å². The first-order valence-corrected chi connectivity index (χ1v) is 9.53. The van der Waals surface area contributed by atoms with Gasteiger partial charge in [-0.15, -0.1) is 0 Å². The fourth-order valence-electron chi connectivity index (χ4n) is 4.17. The third-order valence-corrected chi connectivity index (χ3v) is 5.41. The van der Waals surface area contributed by atoms with Crippen LogP contribution < -0.4 is 4.90 Å². The zero-order valence-electron chi connectivity index (χ0n) is 15.5. The van der Waals surface area contributed by atoms with Crippen molar-refractivity contribution in [2.24, 2.45) is 0 Å². The van der Waals surface area contributed by atoms with Crippen LogP contribution in [-0.4, -0.2) is 15.0 Å². The van der Waals surface area contributed by atoms with Crippen molar-refractivity contribution in [3.63, 3.8) is 0 Å². The van der Waals surface area contributed by atoms with Crippen molar-refractivity contribution in [3.8, 4) is 22.4 Å². The fraction of sp³-hybridized carbons (Fsp3) is 0. The SMILES string of the molecule is c1ccc(-c2cc3c4c(cccc4c2)N(c2ccncc2)c2cncnc2-3)cc1. The Labute approximate surface area is 168 Å². The van der Waals surface area contributed by atoms with Crippen molar-refractivity contribution in [2.45, 2.75) is 0 Å². The molecule has 6 rings (SSSR count). The number of hydrogen-bond acceptors (Lipinski definition) is 4. The molecule has 0 radical (unpaired) electrons. The summed E-state index contributed by atoms with van der Waals surface area (Å²) in [6.07, 6.45) is 7.14. The quantitative estimate of drug-likeness (QED) is 0.366. The second-order valence-corrected chi connectivity index (χ2v) is 7.06. The average molecular weight is 372 g/mol. The molecule has 29 heavy (non-hydrogen) atoms. The van der Waals surface area contributed by atoms with Gasteiger partial charge in [-0.3, -0.25) is 4.98 Å². The van der Waals surface area contributed by atoms with E-state index in [0.717, 1.165) is 28.3 Å². The molecule has 0 saturated heterocycles. The summed E-state index contributed by atoms with van der Waals surface area (Å²) in [7, 11) is 0. The molecule has 0 aliphatic carbocycles. The van der Waals surface area contributed by atoms with Gasteiger partial charge in [-0.2, -0.15) is 0 Å². The lowest BCUT2D eigenvalue weighted by Crippen LogP contribution is -2.16. The van der Waals surface area contributed by atoms with Gasteiger partial charge in [0.2, 0.25) is 0 Å². The maximum Gasteiger partial charge on any atom is 0.116 e. The van der Waals surface area contributed by atoms with Gasteiger partial charge in [-0.1, -0.05) is 42.5 Å². The lowest BCUT2D eigenvalue weighted by Gasteiger charge is -2.32. The van der Waals surface area contributed by atoms with E-state index in [1.54, 1.807) is 6.33 Å². The first-order valence-electron chi connectivity index (χ1n) is 9.53. The maximum atomic E-state index is 4.69. The lowest BCUT2D eigenvalue weighted by atomic mass is 9.90. The molecule has 5 aromatic rings. The molecule has 1 aliphatic heterocycles. The maximum absolute atomic E-state index is 4.69. The second-order valence-electron chi connectivity index (χ2n) is 7.06. The standard InChI is InChI=1S/C25H16N4/c1-2-5-17(6-3-1)19-13-18-7-4-8-22-24(18)21(14-19)25-23(15-27-16-28-25)29(22)20-9-11-26-12-10-20/h1-16H. The Kier molecular flexibility index (Phi) is 3.43. The van der Waals surface area contributed by atoms with E-state index in [1.165, 1.54) is 21.9 Å². The molecule has 4 heteroatoms. The van der Waals surface area contributed by atoms with E-state index in [-0.39, 0.29) is 0 Å². The third kappa shape index (κ3) is 2.43. The molecule has 0 atom stereocenters. The number of nitrogens with zero attached hydrogens (tertiary/aromatic N) is 4. The normalized spacial score (nSPS) is 12.1. The topological polar surface area (TPSA) is 41.9 Å². The summed E-state index contributed by atoms with van der Waals surface area (Å²) >= 11 is 0. The van der Waals surface area contributed by atoms with E-state index in [1.807, 2.05) is 36.8 Å². The molecule has 0 fully saturated rings. The lowest BCUT2D eigenvalue weighted by molar-refractivity contribution is 1.13. The van der Waals surface area contributed by atoms with Crippen LogP contribution in [0.3, 0.4) is 0 Å². The van der Waals surface area contributed by atoms with Gasteiger partial charge in [0.1, 0.15) is 6.33 Å². The molecule has 0 amide bonds. The number of rotatable bonds is 2. The first-order chi connectivity index (χ1) is 14.4. The molecule has 2 aromatic heterocycles. The summed E-state index contributed by atoms with van der Waals surface area (Å²) < 4.78 is 0. The highest BCUT2D eigenvalue weighted by molar-refractivity contribution is 6.14. The fourth-order valence-corrected chi connectivity index (χ4v) is 4.17. The summed E-state index contributed by atoms with van der Waals surface area (Å²) in [6, 6.07) is 25.4. The van der Waals surface area contributed by atoms with Crippen LogP contribution in [0.5, 0.6) is 0 Å². The van der Waals surface area contributed by atoms with Crippen LogP contribution in [0.4, 0.5) is 17.1 Å². The second kappa shape index (κ2) is 6.24. The zero-order chi connectivity index (χ0) is 19.2. The highest BCUT2D eigenvalue weighted by Gasteiger charge is 2.27. The van der Waals surface area contributed by atoms with Crippen LogP contribution in [0.15, 0.2) is 97.7 Å². The van der Waals surface area contributed by atoms with Crippen LogP contribution >= 0.6 is 0 Å². The molecular weight excluding hydrogens is 356 g/mol. The van der Waals surface area contributed by atoms with Crippen molar-refractivity contribution >= 4 is 27.8 Å². The van der Waals surface area contributed by atoms with Crippen molar-refractivity contribution in [2.75, 3.05) is 4.90 Å². The van der Waals surface area contributed by atoms with Crippen molar-refractivity contribution < 1.29 is 0 Å². The summed E-state index contributed by atoms with van der Waals surface area (Å²) in [6.45, 7) is 0. The van der Waals surface area contributed by atoms with Gasteiger partial charge in [0.05, 0.1) is 23.3 Å². The van der Waals surface area contributed by atoms with Crippen molar-refractivity contribution in [1.82, 2.24) is 15.0 Å². The largest absolute Gasteiger partial charge is 0.306 e. The highest BCUT2D eigenvalue weighted by Crippen LogP contribution is 2.50. The number of anilines is 3. The summed E-state index contributed by atoms with van der Waals surface area (Å²) in [5.41, 5.74) is 7.62. The molecule has 4 nitrogen and oxygen atoms in total. The molecular formula is C25H16N4. The number of benzene rings is 3. The van der Waals surface area contributed by atoms with Gasteiger partial charge in [-0.25, -0.2) is 9.97 Å².